The maximum absolute atomic E-state index is 5.26. The summed E-state index contributed by atoms with van der Waals surface area (Å²) in [4.78, 5) is 0. The molecule has 0 aliphatic heterocycles. The average Bonchev–Trinajstić information content (AvgIpc) is 3.42. The lowest BCUT2D eigenvalue weighted by Gasteiger charge is -2.18. The van der Waals surface area contributed by atoms with Crippen molar-refractivity contribution in [3.05, 3.63) is 89.0 Å². The third-order valence-corrected chi connectivity index (χ3v) is 5.76. The molecule has 0 radical (unpaired) electrons. The summed E-state index contributed by atoms with van der Waals surface area (Å²) < 4.78 is 9.17. The van der Waals surface area contributed by atoms with Crippen molar-refractivity contribution in [3.8, 4) is 17.1 Å². The van der Waals surface area contributed by atoms with E-state index in [0.717, 1.165) is 29.4 Å². The van der Waals surface area contributed by atoms with Crippen LogP contribution in [0, 0.1) is 20.8 Å². The fraction of sp³-hybridized carbons (Fsp3) is 0.280. The monoisotopic (exact) mass is 415 g/mol. The normalized spacial score (nSPS) is 12.2. The first-order chi connectivity index (χ1) is 15.0. The summed E-state index contributed by atoms with van der Waals surface area (Å²) in [5.74, 6) is 0.838. The summed E-state index contributed by atoms with van der Waals surface area (Å²) >= 11 is 0. The largest absolute Gasteiger partial charge is 0.497 e. The number of methoxy groups -OCH3 is 1. The highest BCUT2D eigenvalue weighted by Gasteiger charge is 2.16. The van der Waals surface area contributed by atoms with Crippen LogP contribution in [0.1, 0.15) is 40.9 Å². The van der Waals surface area contributed by atoms with E-state index >= 15 is 0 Å². The van der Waals surface area contributed by atoms with Gasteiger partial charge >= 0.3 is 0 Å². The predicted molar refractivity (Wildman–Crippen MR) is 123 cm³/mol. The summed E-state index contributed by atoms with van der Waals surface area (Å²) in [5.41, 5.74) is 8.19. The van der Waals surface area contributed by atoms with Gasteiger partial charge < -0.3 is 10.1 Å². The lowest BCUT2D eigenvalue weighted by atomic mass is 10.0. The number of benzene rings is 2. The van der Waals surface area contributed by atoms with E-state index < -0.39 is 0 Å². The molecule has 0 spiro atoms. The Hall–Kier alpha value is -3.38. The minimum absolute atomic E-state index is 0.151. The summed E-state index contributed by atoms with van der Waals surface area (Å²) in [5, 5.41) is 12.8. The summed E-state index contributed by atoms with van der Waals surface area (Å²) in [7, 11) is 1.67. The number of nitrogens with one attached hydrogen (secondary N) is 1. The van der Waals surface area contributed by atoms with Gasteiger partial charge in [0.05, 0.1) is 24.7 Å². The Kier molecular flexibility index (Phi) is 5.91. The standard InChI is InChI=1S/C25H29N5O/c1-17-13-18(2)23(25(14-17)29-12-6-11-27-29)15-26-19(3)24-16-28-30(20(24)4)21-7-9-22(31-5)10-8-21/h6-14,16,19,26H,15H2,1-5H3. The molecular formula is C25H29N5O. The van der Waals surface area contributed by atoms with Gasteiger partial charge in [0.15, 0.2) is 0 Å². The molecule has 6 heteroatoms. The van der Waals surface area contributed by atoms with Gasteiger partial charge in [0, 0.05) is 36.2 Å². The van der Waals surface area contributed by atoms with E-state index in [-0.39, 0.29) is 6.04 Å². The van der Waals surface area contributed by atoms with E-state index in [9.17, 15) is 0 Å². The molecule has 31 heavy (non-hydrogen) atoms. The first-order valence-electron chi connectivity index (χ1n) is 10.5. The van der Waals surface area contributed by atoms with E-state index in [1.807, 2.05) is 58.3 Å². The number of nitrogens with zero attached hydrogens (tertiary/aromatic N) is 4. The number of aryl methyl sites for hydroxylation is 2. The lowest BCUT2D eigenvalue weighted by molar-refractivity contribution is 0.414. The molecule has 0 fully saturated rings. The first kappa shape index (κ1) is 20.9. The Morgan fingerprint density at radius 3 is 2.52 bits per heavy atom. The Labute approximate surface area is 183 Å². The maximum Gasteiger partial charge on any atom is 0.119 e. The first-order valence-corrected chi connectivity index (χ1v) is 10.5. The molecule has 1 unspecified atom stereocenters. The van der Waals surface area contributed by atoms with Crippen molar-refractivity contribution in [2.45, 2.75) is 40.3 Å². The number of rotatable bonds is 7. The summed E-state index contributed by atoms with van der Waals surface area (Å²) in [6, 6.07) is 14.5. The molecule has 6 nitrogen and oxygen atoms in total. The van der Waals surface area contributed by atoms with Crippen LogP contribution < -0.4 is 10.1 Å². The molecule has 4 aromatic rings. The molecule has 2 aromatic carbocycles. The van der Waals surface area contributed by atoms with Crippen LogP contribution in [0.15, 0.2) is 61.1 Å². The fourth-order valence-corrected chi connectivity index (χ4v) is 4.02. The summed E-state index contributed by atoms with van der Waals surface area (Å²) in [6.45, 7) is 9.32. The summed E-state index contributed by atoms with van der Waals surface area (Å²) in [6.07, 6.45) is 5.76. The SMILES string of the molecule is COc1ccc(-n2ncc(C(C)NCc3c(C)cc(C)cc3-n3cccn3)c2C)cc1. The third kappa shape index (κ3) is 4.25. The van der Waals surface area contributed by atoms with Gasteiger partial charge in [-0.25, -0.2) is 9.36 Å². The van der Waals surface area contributed by atoms with Crippen molar-refractivity contribution in [2.75, 3.05) is 7.11 Å². The number of aromatic nitrogens is 4. The Morgan fingerprint density at radius 2 is 1.84 bits per heavy atom. The van der Waals surface area contributed by atoms with Gasteiger partial charge in [-0.1, -0.05) is 6.07 Å². The van der Waals surface area contributed by atoms with Crippen LogP contribution in [-0.2, 0) is 6.54 Å². The number of hydrogen-bond acceptors (Lipinski definition) is 4. The lowest BCUT2D eigenvalue weighted by Crippen LogP contribution is -2.20. The molecule has 0 aliphatic rings. The fourth-order valence-electron chi connectivity index (χ4n) is 4.02. The van der Waals surface area contributed by atoms with Crippen molar-refractivity contribution < 1.29 is 4.74 Å². The van der Waals surface area contributed by atoms with E-state index in [2.05, 4.69) is 55.3 Å². The maximum atomic E-state index is 5.26. The Bertz CT molecular complexity index is 1160. The zero-order valence-corrected chi connectivity index (χ0v) is 18.8. The molecule has 1 N–H and O–H groups in total. The smallest absolute Gasteiger partial charge is 0.119 e. The van der Waals surface area contributed by atoms with Crippen molar-refractivity contribution in [3.63, 3.8) is 0 Å². The molecule has 2 aromatic heterocycles. The minimum atomic E-state index is 0.151. The quantitative estimate of drug-likeness (QED) is 0.469. The van der Waals surface area contributed by atoms with Crippen LogP contribution in [0.2, 0.25) is 0 Å². The Morgan fingerprint density at radius 1 is 1.06 bits per heavy atom. The molecule has 4 rings (SSSR count). The molecule has 0 amide bonds. The van der Waals surface area contributed by atoms with Gasteiger partial charge in [-0.2, -0.15) is 10.2 Å². The minimum Gasteiger partial charge on any atom is -0.497 e. The highest BCUT2D eigenvalue weighted by molar-refractivity contribution is 5.48. The van der Waals surface area contributed by atoms with Gasteiger partial charge in [-0.05, 0) is 80.8 Å². The van der Waals surface area contributed by atoms with Crippen LogP contribution in [0.3, 0.4) is 0 Å². The number of hydrogen-bond donors (Lipinski definition) is 1. The van der Waals surface area contributed by atoms with Crippen LogP contribution in [-0.4, -0.2) is 26.7 Å². The van der Waals surface area contributed by atoms with Gasteiger partial charge in [-0.3, -0.25) is 0 Å². The molecule has 0 aliphatic carbocycles. The Balaban J connectivity index is 1.55. The van der Waals surface area contributed by atoms with Crippen molar-refractivity contribution in [2.24, 2.45) is 0 Å². The second-order valence-corrected chi connectivity index (χ2v) is 7.93. The number of ether oxygens (including phenoxy) is 1. The molecule has 2 heterocycles. The molecular weight excluding hydrogens is 386 g/mol. The van der Waals surface area contributed by atoms with Gasteiger partial charge in [0.25, 0.3) is 0 Å². The van der Waals surface area contributed by atoms with Gasteiger partial charge in [-0.15, -0.1) is 0 Å². The predicted octanol–water partition coefficient (Wildman–Crippen LogP) is 4.84. The molecule has 160 valence electrons. The van der Waals surface area contributed by atoms with Crippen molar-refractivity contribution >= 4 is 0 Å². The van der Waals surface area contributed by atoms with Gasteiger partial charge in [0.1, 0.15) is 5.75 Å². The zero-order chi connectivity index (χ0) is 22.0. The highest BCUT2D eigenvalue weighted by Crippen LogP contribution is 2.24. The van der Waals surface area contributed by atoms with E-state index in [4.69, 9.17) is 4.74 Å². The second kappa shape index (κ2) is 8.78. The molecule has 1 atom stereocenters. The molecule has 0 saturated carbocycles. The van der Waals surface area contributed by atoms with Crippen molar-refractivity contribution in [1.29, 1.82) is 0 Å². The van der Waals surface area contributed by atoms with E-state index in [0.29, 0.717) is 0 Å². The molecule has 0 saturated heterocycles. The molecule has 0 bridgehead atoms. The van der Waals surface area contributed by atoms with Crippen LogP contribution in [0.25, 0.3) is 11.4 Å². The van der Waals surface area contributed by atoms with Crippen LogP contribution in [0.5, 0.6) is 5.75 Å². The van der Waals surface area contributed by atoms with Crippen molar-refractivity contribution in [1.82, 2.24) is 24.9 Å². The van der Waals surface area contributed by atoms with Crippen LogP contribution in [0.4, 0.5) is 0 Å². The average molecular weight is 416 g/mol. The second-order valence-electron chi connectivity index (χ2n) is 7.93. The zero-order valence-electron chi connectivity index (χ0n) is 18.8. The van der Waals surface area contributed by atoms with E-state index in [1.165, 1.54) is 22.3 Å². The van der Waals surface area contributed by atoms with Gasteiger partial charge in [0.2, 0.25) is 0 Å². The third-order valence-electron chi connectivity index (χ3n) is 5.76. The highest BCUT2D eigenvalue weighted by atomic mass is 16.5. The topological polar surface area (TPSA) is 56.9 Å². The van der Waals surface area contributed by atoms with Crippen LogP contribution >= 0.6 is 0 Å². The van der Waals surface area contributed by atoms with E-state index in [1.54, 1.807) is 7.11 Å².